The van der Waals surface area contributed by atoms with Crippen LogP contribution in [0.2, 0.25) is 0 Å². The molecule has 0 fully saturated rings. The molecule has 0 aromatic heterocycles. The zero-order valence-corrected chi connectivity index (χ0v) is 10.7. The third-order valence-corrected chi connectivity index (χ3v) is 2.61. The average Bonchev–Trinajstić information content (AvgIpc) is 2.47. The lowest BCUT2D eigenvalue weighted by Crippen LogP contribution is -2.26. The molecule has 0 aliphatic rings. The second kappa shape index (κ2) is 7.07. The van der Waals surface area contributed by atoms with Gasteiger partial charge < -0.3 is 10.6 Å². The molecule has 2 heteroatoms. The van der Waals surface area contributed by atoms with E-state index in [1.165, 1.54) is 6.08 Å². The average molecular weight is 249 g/mol. The van der Waals surface area contributed by atoms with Crippen molar-refractivity contribution >= 4 is 11.4 Å². The first-order valence-corrected chi connectivity index (χ1v) is 6.23. The van der Waals surface area contributed by atoms with E-state index in [1.54, 1.807) is 0 Å². The summed E-state index contributed by atoms with van der Waals surface area (Å²) in [4.78, 5) is 0. The van der Waals surface area contributed by atoms with Crippen molar-refractivity contribution in [1.29, 1.82) is 0 Å². The molecule has 0 heterocycles. The zero-order chi connectivity index (χ0) is 13.3. The fourth-order valence-corrected chi connectivity index (χ4v) is 1.74. The molecule has 0 amide bonds. The van der Waals surface area contributed by atoms with Crippen LogP contribution in [0.3, 0.4) is 0 Å². The summed E-state index contributed by atoms with van der Waals surface area (Å²) in [6.45, 7) is 5.40. The smallest absolute Gasteiger partial charge is 0.116 e. The van der Waals surface area contributed by atoms with Gasteiger partial charge >= 0.3 is 0 Å². The van der Waals surface area contributed by atoms with Gasteiger partial charge in [-0.2, -0.15) is 0 Å². The summed E-state index contributed by atoms with van der Waals surface area (Å²) in [5, 5.41) is 6.78. The molecule has 0 saturated heterocycles. The summed E-state index contributed by atoms with van der Waals surface area (Å²) in [5.74, 6) is 0. The fraction of sp³-hybridized carbons (Fsp3) is 0.0588. The van der Waals surface area contributed by atoms with Crippen molar-refractivity contribution in [3.8, 4) is 0 Å². The molecular formula is C17H17N2. The molecule has 2 N–H and O–H groups in total. The van der Waals surface area contributed by atoms with Gasteiger partial charge in [0.1, 0.15) is 6.17 Å². The van der Waals surface area contributed by atoms with Crippen LogP contribution >= 0.6 is 0 Å². The van der Waals surface area contributed by atoms with Gasteiger partial charge in [0, 0.05) is 11.4 Å². The zero-order valence-electron chi connectivity index (χ0n) is 10.7. The van der Waals surface area contributed by atoms with Crippen LogP contribution < -0.4 is 10.6 Å². The molecule has 2 rings (SSSR count). The van der Waals surface area contributed by atoms with Gasteiger partial charge in [0.2, 0.25) is 0 Å². The van der Waals surface area contributed by atoms with E-state index >= 15 is 0 Å². The van der Waals surface area contributed by atoms with Crippen molar-refractivity contribution in [3.63, 3.8) is 0 Å². The van der Waals surface area contributed by atoms with Crippen LogP contribution in [-0.2, 0) is 0 Å². The number of hydrogen-bond acceptors (Lipinski definition) is 2. The van der Waals surface area contributed by atoms with Gasteiger partial charge in [-0.1, -0.05) is 55.1 Å². The van der Waals surface area contributed by atoms with Crippen molar-refractivity contribution in [2.75, 3.05) is 10.6 Å². The van der Waals surface area contributed by atoms with Gasteiger partial charge in [0.15, 0.2) is 0 Å². The Balaban J connectivity index is 2.08. The number of rotatable bonds is 6. The summed E-state index contributed by atoms with van der Waals surface area (Å²) in [6.07, 6.45) is 5.28. The molecule has 0 spiro atoms. The van der Waals surface area contributed by atoms with E-state index < -0.39 is 0 Å². The van der Waals surface area contributed by atoms with Crippen molar-refractivity contribution in [1.82, 2.24) is 0 Å². The normalized spacial score (nSPS) is 10.6. The highest BCUT2D eigenvalue weighted by molar-refractivity contribution is 5.50. The molecule has 0 bridgehead atoms. The van der Waals surface area contributed by atoms with Gasteiger partial charge in [0.05, 0.1) is 0 Å². The molecule has 1 radical (unpaired) electrons. The lowest BCUT2D eigenvalue weighted by atomic mass is 10.2. The first-order valence-electron chi connectivity index (χ1n) is 6.23. The van der Waals surface area contributed by atoms with Gasteiger partial charge in [0.25, 0.3) is 0 Å². The minimum Gasteiger partial charge on any atom is -0.362 e. The molecule has 0 saturated carbocycles. The molecule has 2 nitrogen and oxygen atoms in total. The summed E-state index contributed by atoms with van der Waals surface area (Å²) >= 11 is 0. The maximum atomic E-state index is 5.40. The van der Waals surface area contributed by atoms with Gasteiger partial charge in [-0.3, -0.25) is 0 Å². The van der Waals surface area contributed by atoms with E-state index in [0.717, 1.165) is 11.4 Å². The first-order chi connectivity index (χ1) is 9.38. The van der Waals surface area contributed by atoms with Gasteiger partial charge in [-0.15, -0.1) is 0 Å². The molecule has 2 aromatic rings. The standard InChI is InChI=1S/C17H17N2/c1-2-3-14-17(18-15-10-6-4-7-11-15)19-16-12-8-5-9-13-16/h1-14,17-19H/b2-1?,14-3+. The number of benzene rings is 2. The number of anilines is 2. The molecular weight excluding hydrogens is 232 g/mol. The van der Waals surface area contributed by atoms with Crippen LogP contribution in [0.15, 0.2) is 78.9 Å². The van der Waals surface area contributed by atoms with Crippen LogP contribution in [-0.4, -0.2) is 6.17 Å². The Kier molecular flexibility index (Phi) is 4.82. The predicted octanol–water partition coefficient (Wildman–Crippen LogP) is 4.08. The van der Waals surface area contributed by atoms with Crippen molar-refractivity contribution in [2.24, 2.45) is 0 Å². The molecule has 0 unspecified atom stereocenters. The Morgan fingerprint density at radius 2 is 1.26 bits per heavy atom. The minimum absolute atomic E-state index is 0.0235. The summed E-state index contributed by atoms with van der Waals surface area (Å²) < 4.78 is 0. The number of hydrogen-bond donors (Lipinski definition) is 2. The monoisotopic (exact) mass is 249 g/mol. The highest BCUT2D eigenvalue weighted by Crippen LogP contribution is 2.12. The summed E-state index contributed by atoms with van der Waals surface area (Å²) in [7, 11) is 0. The molecule has 2 aromatic carbocycles. The highest BCUT2D eigenvalue weighted by Gasteiger charge is 2.03. The van der Waals surface area contributed by atoms with Crippen LogP contribution in [0.1, 0.15) is 0 Å². The Labute approximate surface area is 114 Å². The molecule has 0 atom stereocenters. The van der Waals surface area contributed by atoms with Crippen LogP contribution in [0.4, 0.5) is 11.4 Å². The molecule has 0 aliphatic carbocycles. The maximum absolute atomic E-state index is 5.40. The van der Waals surface area contributed by atoms with E-state index in [4.69, 9.17) is 6.58 Å². The maximum Gasteiger partial charge on any atom is 0.116 e. The van der Waals surface area contributed by atoms with Crippen LogP contribution in [0.25, 0.3) is 0 Å². The lowest BCUT2D eigenvalue weighted by molar-refractivity contribution is 1.01. The quantitative estimate of drug-likeness (QED) is 0.595. The third kappa shape index (κ3) is 4.36. The van der Waals surface area contributed by atoms with Crippen molar-refractivity contribution < 1.29 is 0 Å². The van der Waals surface area contributed by atoms with Crippen molar-refractivity contribution in [3.05, 3.63) is 85.5 Å². The highest BCUT2D eigenvalue weighted by atomic mass is 15.1. The first kappa shape index (κ1) is 13.0. The topological polar surface area (TPSA) is 24.1 Å². The van der Waals surface area contributed by atoms with Gasteiger partial charge in [-0.25, -0.2) is 0 Å². The summed E-state index contributed by atoms with van der Waals surface area (Å²) in [5.41, 5.74) is 2.11. The second-order valence-electron chi connectivity index (χ2n) is 4.08. The number of para-hydroxylation sites is 2. The van der Waals surface area contributed by atoms with E-state index in [1.807, 2.05) is 72.8 Å². The van der Waals surface area contributed by atoms with E-state index in [9.17, 15) is 0 Å². The largest absolute Gasteiger partial charge is 0.362 e. The number of nitrogens with one attached hydrogen (secondary N) is 2. The predicted molar refractivity (Wildman–Crippen MR) is 81.9 cm³/mol. The fourth-order valence-electron chi connectivity index (χ4n) is 1.74. The molecule has 19 heavy (non-hydrogen) atoms. The molecule has 95 valence electrons. The number of allylic oxidation sites excluding steroid dienone is 2. The molecule has 0 aliphatic heterocycles. The Morgan fingerprint density at radius 3 is 1.68 bits per heavy atom. The second-order valence-corrected chi connectivity index (χ2v) is 4.08. The van der Waals surface area contributed by atoms with E-state index in [0.29, 0.717) is 0 Å². The lowest BCUT2D eigenvalue weighted by Gasteiger charge is -2.19. The summed E-state index contributed by atoms with van der Waals surface area (Å²) in [6, 6.07) is 20.1. The van der Waals surface area contributed by atoms with E-state index in [-0.39, 0.29) is 6.17 Å². The van der Waals surface area contributed by atoms with Gasteiger partial charge in [-0.05, 0) is 30.3 Å². The van der Waals surface area contributed by atoms with Crippen molar-refractivity contribution in [2.45, 2.75) is 6.17 Å². The Morgan fingerprint density at radius 1 is 0.789 bits per heavy atom. The SMILES string of the molecule is [CH]=C/C=C/C(Nc1ccccc1)Nc1ccccc1. The van der Waals surface area contributed by atoms with Crippen LogP contribution in [0, 0.1) is 6.58 Å². The van der Waals surface area contributed by atoms with E-state index in [2.05, 4.69) is 10.6 Å². The third-order valence-electron chi connectivity index (χ3n) is 2.61. The Bertz CT molecular complexity index is 476. The minimum atomic E-state index is -0.0235. The van der Waals surface area contributed by atoms with Crippen LogP contribution in [0.5, 0.6) is 0 Å². The Hall–Kier alpha value is -2.48.